The van der Waals surface area contributed by atoms with Gasteiger partial charge in [0.15, 0.2) is 17.6 Å². The molecule has 0 bridgehead atoms. The number of ether oxygens (including phenoxy) is 1. The number of amides is 1. The minimum absolute atomic E-state index is 0.0559. The minimum atomic E-state index is -0.566. The molecule has 0 aliphatic heterocycles. The molecule has 190 valence electrons. The smallest absolute Gasteiger partial charge is 0.269 e. The number of carbonyl (C=O) groups excluding carboxylic acids is 1. The van der Waals surface area contributed by atoms with E-state index in [1.807, 2.05) is 0 Å². The van der Waals surface area contributed by atoms with Crippen LogP contribution in [0.5, 0.6) is 5.75 Å². The molecule has 0 fully saturated rings. The second-order valence-corrected chi connectivity index (χ2v) is 9.28. The molecule has 12 heteroatoms. The Labute approximate surface area is 220 Å². The molecule has 0 saturated heterocycles. The van der Waals surface area contributed by atoms with Crippen LogP contribution in [0.1, 0.15) is 24.4 Å². The van der Waals surface area contributed by atoms with Gasteiger partial charge < -0.3 is 10.1 Å². The van der Waals surface area contributed by atoms with Crippen LogP contribution in [0.15, 0.2) is 78.0 Å². The average molecular weight is 542 g/mol. The number of nitro groups is 1. The summed E-state index contributed by atoms with van der Waals surface area (Å²) in [5.74, 6) is 0.716. The summed E-state index contributed by atoms with van der Waals surface area (Å²) in [5.41, 5.74) is 1.41. The van der Waals surface area contributed by atoms with Crippen molar-refractivity contribution in [3.63, 3.8) is 0 Å². The Morgan fingerprint density at radius 1 is 1.11 bits per heavy atom. The fourth-order valence-corrected chi connectivity index (χ4v) is 4.42. The fourth-order valence-electron chi connectivity index (χ4n) is 3.38. The van der Waals surface area contributed by atoms with Gasteiger partial charge in [-0.1, -0.05) is 35.5 Å². The van der Waals surface area contributed by atoms with Crippen LogP contribution < -0.4 is 10.1 Å². The van der Waals surface area contributed by atoms with Crippen molar-refractivity contribution in [2.75, 3.05) is 6.61 Å². The zero-order valence-electron chi connectivity index (χ0n) is 19.5. The van der Waals surface area contributed by atoms with Crippen molar-refractivity contribution in [3.8, 4) is 11.4 Å². The van der Waals surface area contributed by atoms with Gasteiger partial charge in [-0.2, -0.15) is 0 Å². The van der Waals surface area contributed by atoms with Gasteiger partial charge in [-0.05, 0) is 61.0 Å². The molecule has 4 rings (SSSR count). The lowest BCUT2D eigenvalue weighted by molar-refractivity contribution is -0.384. The number of carbonyl (C=O) groups is 1. The summed E-state index contributed by atoms with van der Waals surface area (Å²) in [6, 6.07) is 18.2. The average Bonchev–Trinajstić information content (AvgIpc) is 3.32. The lowest BCUT2D eigenvalue weighted by atomic mass is 10.2. The van der Waals surface area contributed by atoms with Crippen LogP contribution in [-0.4, -0.2) is 32.2 Å². The van der Waals surface area contributed by atoms with E-state index in [-0.39, 0.29) is 24.0 Å². The predicted octanol–water partition coefficient (Wildman–Crippen LogP) is 5.52. The first-order valence-corrected chi connectivity index (χ1v) is 12.4. The van der Waals surface area contributed by atoms with Gasteiger partial charge in [0, 0.05) is 28.6 Å². The van der Waals surface area contributed by atoms with Crippen LogP contribution in [0.4, 0.5) is 10.1 Å². The van der Waals surface area contributed by atoms with Crippen LogP contribution >= 0.6 is 23.4 Å². The molecule has 3 aromatic carbocycles. The fraction of sp³-hybridized carbons (Fsp3) is 0.160. The number of thioether (sulfide) groups is 1. The summed E-state index contributed by atoms with van der Waals surface area (Å²) in [6.07, 6.45) is 0. The standard InChI is InChI=1S/C25H21ClFN5O4S/c1-16(28-23(33)14-36-22-12-4-18(26)5-13-22)24-29-30-25(37-15-17-2-6-19(27)7-3-17)31(24)20-8-10-21(11-9-20)32(34)35/h2-13,16H,14-15H2,1H3,(H,28,33). The molecule has 1 unspecified atom stereocenters. The number of hydrogen-bond donors (Lipinski definition) is 1. The lowest BCUT2D eigenvalue weighted by Gasteiger charge is -2.16. The number of rotatable bonds is 10. The van der Waals surface area contributed by atoms with E-state index >= 15 is 0 Å². The van der Waals surface area contributed by atoms with E-state index in [0.717, 1.165) is 5.56 Å². The van der Waals surface area contributed by atoms with Gasteiger partial charge in [0.05, 0.1) is 11.0 Å². The van der Waals surface area contributed by atoms with E-state index < -0.39 is 11.0 Å². The molecule has 0 aliphatic carbocycles. The Bertz CT molecular complexity index is 1380. The molecule has 1 aromatic heterocycles. The topological polar surface area (TPSA) is 112 Å². The monoisotopic (exact) mass is 541 g/mol. The number of benzene rings is 3. The Morgan fingerprint density at radius 2 is 1.78 bits per heavy atom. The van der Waals surface area contributed by atoms with Crippen molar-refractivity contribution in [1.29, 1.82) is 0 Å². The molecular formula is C25H21ClFN5O4S. The second-order valence-electron chi connectivity index (χ2n) is 7.90. The number of nitrogens with zero attached hydrogens (tertiary/aromatic N) is 4. The number of nitrogens with one attached hydrogen (secondary N) is 1. The molecule has 0 spiro atoms. The van der Waals surface area contributed by atoms with Crippen molar-refractivity contribution < 1.29 is 18.8 Å². The predicted molar refractivity (Wildman–Crippen MR) is 137 cm³/mol. The largest absolute Gasteiger partial charge is 0.484 e. The Hall–Kier alpha value is -3.96. The summed E-state index contributed by atoms with van der Waals surface area (Å²) in [4.78, 5) is 23.2. The quantitative estimate of drug-likeness (QED) is 0.160. The number of hydrogen-bond acceptors (Lipinski definition) is 7. The molecule has 1 atom stereocenters. The van der Waals surface area contributed by atoms with Crippen LogP contribution in [0.2, 0.25) is 5.02 Å². The zero-order valence-corrected chi connectivity index (χ0v) is 21.1. The van der Waals surface area contributed by atoms with Gasteiger partial charge in [0.1, 0.15) is 11.6 Å². The molecule has 0 aliphatic rings. The van der Waals surface area contributed by atoms with Crippen molar-refractivity contribution in [2.24, 2.45) is 0 Å². The van der Waals surface area contributed by atoms with Gasteiger partial charge in [-0.15, -0.1) is 10.2 Å². The molecule has 0 saturated carbocycles. The Kier molecular flexibility index (Phi) is 8.36. The van der Waals surface area contributed by atoms with Crippen molar-refractivity contribution >= 4 is 35.0 Å². The number of aromatic nitrogens is 3. The summed E-state index contributed by atoms with van der Waals surface area (Å²) in [6.45, 7) is 1.53. The van der Waals surface area contributed by atoms with Crippen LogP contribution in [0.3, 0.4) is 0 Å². The molecule has 1 heterocycles. The normalized spacial score (nSPS) is 11.6. The van der Waals surface area contributed by atoms with E-state index in [0.29, 0.717) is 33.2 Å². The van der Waals surface area contributed by atoms with Gasteiger partial charge >= 0.3 is 0 Å². The van der Waals surface area contributed by atoms with Crippen LogP contribution in [0, 0.1) is 15.9 Å². The SMILES string of the molecule is CC(NC(=O)COc1ccc(Cl)cc1)c1nnc(SCc2ccc(F)cc2)n1-c1ccc([N+](=O)[O-])cc1. The molecule has 1 amide bonds. The third-order valence-corrected chi connectivity index (χ3v) is 6.46. The van der Waals surface area contributed by atoms with Crippen molar-refractivity contribution in [3.05, 3.63) is 105 Å². The molecular weight excluding hydrogens is 521 g/mol. The summed E-state index contributed by atoms with van der Waals surface area (Å²) in [5, 5.41) is 23.6. The summed E-state index contributed by atoms with van der Waals surface area (Å²) < 4.78 is 20.5. The molecule has 4 aromatic rings. The highest BCUT2D eigenvalue weighted by atomic mass is 35.5. The van der Waals surface area contributed by atoms with Gasteiger partial charge in [0.25, 0.3) is 11.6 Å². The number of nitro benzene ring substituents is 1. The van der Waals surface area contributed by atoms with E-state index in [9.17, 15) is 19.3 Å². The first kappa shape index (κ1) is 26.1. The third-order valence-electron chi connectivity index (χ3n) is 5.21. The van der Waals surface area contributed by atoms with Gasteiger partial charge in [0.2, 0.25) is 0 Å². The van der Waals surface area contributed by atoms with E-state index in [1.165, 1.54) is 36.0 Å². The lowest BCUT2D eigenvalue weighted by Crippen LogP contribution is -2.32. The van der Waals surface area contributed by atoms with E-state index in [4.69, 9.17) is 16.3 Å². The number of non-ortho nitro benzene ring substituents is 1. The number of halogens is 2. The molecule has 1 N–H and O–H groups in total. The summed E-state index contributed by atoms with van der Waals surface area (Å²) in [7, 11) is 0. The van der Waals surface area contributed by atoms with Crippen molar-refractivity contribution in [2.45, 2.75) is 23.9 Å². The highest BCUT2D eigenvalue weighted by Crippen LogP contribution is 2.28. The van der Waals surface area contributed by atoms with Gasteiger partial charge in [-0.3, -0.25) is 19.5 Å². The highest BCUT2D eigenvalue weighted by molar-refractivity contribution is 7.98. The summed E-state index contributed by atoms with van der Waals surface area (Å²) >= 11 is 7.23. The maximum absolute atomic E-state index is 13.3. The first-order chi connectivity index (χ1) is 17.8. The second kappa shape index (κ2) is 11.8. The zero-order chi connectivity index (χ0) is 26.4. The van der Waals surface area contributed by atoms with Gasteiger partial charge in [-0.25, -0.2) is 4.39 Å². The Morgan fingerprint density at radius 3 is 2.43 bits per heavy atom. The third kappa shape index (κ3) is 6.83. The molecule has 0 radical (unpaired) electrons. The van der Waals surface area contributed by atoms with Crippen molar-refractivity contribution in [1.82, 2.24) is 20.1 Å². The highest BCUT2D eigenvalue weighted by Gasteiger charge is 2.22. The molecule has 37 heavy (non-hydrogen) atoms. The van der Waals surface area contributed by atoms with Crippen LogP contribution in [0.25, 0.3) is 5.69 Å². The maximum atomic E-state index is 13.3. The maximum Gasteiger partial charge on any atom is 0.269 e. The van der Waals surface area contributed by atoms with Crippen LogP contribution in [-0.2, 0) is 10.5 Å². The van der Waals surface area contributed by atoms with E-state index in [1.54, 1.807) is 60.0 Å². The molecule has 9 nitrogen and oxygen atoms in total. The Balaban J connectivity index is 1.53. The minimum Gasteiger partial charge on any atom is -0.484 e. The first-order valence-electron chi connectivity index (χ1n) is 11.1. The van der Waals surface area contributed by atoms with E-state index in [2.05, 4.69) is 15.5 Å².